The summed E-state index contributed by atoms with van der Waals surface area (Å²) in [6.45, 7) is 1.01. The highest BCUT2D eigenvalue weighted by molar-refractivity contribution is 5.93. The van der Waals surface area contributed by atoms with Gasteiger partial charge < -0.3 is 16.4 Å². The monoisotopic (exact) mass is 296 g/mol. The van der Waals surface area contributed by atoms with Crippen LogP contribution in [0.15, 0.2) is 59.6 Å². The summed E-state index contributed by atoms with van der Waals surface area (Å²) in [5.74, 6) is 0.0856. The Hall–Kier alpha value is -2.82. The van der Waals surface area contributed by atoms with E-state index in [0.29, 0.717) is 18.7 Å². The van der Waals surface area contributed by atoms with Crippen LogP contribution in [0, 0.1) is 0 Å². The number of carbonyl (C=O) groups is 1. The Morgan fingerprint density at radius 2 is 1.59 bits per heavy atom. The topological polar surface area (TPSA) is 84.7 Å². The van der Waals surface area contributed by atoms with Crippen molar-refractivity contribution in [1.82, 2.24) is 4.90 Å². The Balaban J connectivity index is 1.98. The van der Waals surface area contributed by atoms with Gasteiger partial charge in [0.05, 0.1) is 6.54 Å². The minimum Gasteiger partial charge on any atom is -0.370 e. The van der Waals surface area contributed by atoms with Crippen molar-refractivity contribution in [2.75, 3.05) is 7.05 Å². The van der Waals surface area contributed by atoms with Crippen molar-refractivity contribution in [3.63, 3.8) is 0 Å². The third kappa shape index (κ3) is 4.34. The molecule has 114 valence electrons. The molecule has 0 aliphatic rings. The maximum Gasteiger partial charge on any atom is 0.253 e. The van der Waals surface area contributed by atoms with E-state index in [1.807, 2.05) is 54.6 Å². The van der Waals surface area contributed by atoms with Gasteiger partial charge in [0.2, 0.25) is 0 Å². The molecule has 2 aromatic carbocycles. The molecule has 22 heavy (non-hydrogen) atoms. The van der Waals surface area contributed by atoms with Crippen molar-refractivity contribution in [2.24, 2.45) is 16.5 Å². The van der Waals surface area contributed by atoms with Crippen LogP contribution in [-0.4, -0.2) is 23.8 Å². The highest BCUT2D eigenvalue weighted by atomic mass is 16.2. The first-order valence-electron chi connectivity index (χ1n) is 7.00. The Bertz CT molecular complexity index is 646. The van der Waals surface area contributed by atoms with Crippen LogP contribution in [0.5, 0.6) is 0 Å². The molecule has 0 saturated carbocycles. The van der Waals surface area contributed by atoms with E-state index in [9.17, 15) is 4.79 Å². The predicted octanol–water partition coefficient (Wildman–Crippen LogP) is 1.73. The van der Waals surface area contributed by atoms with Gasteiger partial charge >= 0.3 is 0 Å². The van der Waals surface area contributed by atoms with Crippen molar-refractivity contribution in [1.29, 1.82) is 0 Å². The van der Waals surface area contributed by atoms with Gasteiger partial charge in [0.1, 0.15) is 0 Å². The Labute approximate surface area is 130 Å². The maximum atomic E-state index is 12.3. The molecule has 5 heteroatoms. The van der Waals surface area contributed by atoms with E-state index in [2.05, 4.69) is 4.99 Å². The standard InChI is InChI=1S/C17H20N4O/c1-21(16(22)15-5-3-2-4-6-15)12-14-9-7-13(8-10-14)11-20-17(18)19/h2-10H,11-12H2,1H3,(H4,18,19,20). The molecule has 0 bridgehead atoms. The average Bonchev–Trinajstić information content (AvgIpc) is 2.54. The number of carbonyl (C=O) groups excluding carboxylic acids is 1. The molecule has 5 nitrogen and oxygen atoms in total. The number of aliphatic imine (C=N–C) groups is 1. The molecule has 0 fully saturated rings. The second-order valence-electron chi connectivity index (χ2n) is 5.08. The lowest BCUT2D eigenvalue weighted by Gasteiger charge is -2.17. The van der Waals surface area contributed by atoms with Gasteiger partial charge in [-0.2, -0.15) is 0 Å². The van der Waals surface area contributed by atoms with Gasteiger partial charge in [0.25, 0.3) is 5.91 Å². The van der Waals surface area contributed by atoms with Crippen LogP contribution in [0.1, 0.15) is 21.5 Å². The van der Waals surface area contributed by atoms with Gasteiger partial charge in [-0.25, -0.2) is 4.99 Å². The number of hydrogen-bond donors (Lipinski definition) is 2. The SMILES string of the molecule is CN(Cc1ccc(CN=C(N)N)cc1)C(=O)c1ccccc1. The highest BCUT2D eigenvalue weighted by Gasteiger charge is 2.11. The van der Waals surface area contributed by atoms with Crippen molar-refractivity contribution >= 4 is 11.9 Å². The number of benzene rings is 2. The Morgan fingerprint density at radius 3 is 2.18 bits per heavy atom. The molecule has 0 spiro atoms. The van der Waals surface area contributed by atoms with E-state index < -0.39 is 0 Å². The molecule has 1 amide bonds. The van der Waals surface area contributed by atoms with Gasteiger partial charge in [-0.05, 0) is 23.3 Å². The van der Waals surface area contributed by atoms with Crippen LogP contribution in [0.4, 0.5) is 0 Å². The molecular formula is C17H20N4O. The second kappa shape index (κ2) is 7.26. The van der Waals surface area contributed by atoms with Crippen molar-refractivity contribution in [3.05, 3.63) is 71.3 Å². The van der Waals surface area contributed by atoms with E-state index >= 15 is 0 Å². The fourth-order valence-corrected chi connectivity index (χ4v) is 2.08. The zero-order valence-corrected chi connectivity index (χ0v) is 12.6. The summed E-state index contributed by atoms with van der Waals surface area (Å²) in [5, 5.41) is 0. The minimum atomic E-state index is 0.00480. The molecule has 4 N–H and O–H groups in total. The molecule has 0 saturated heterocycles. The summed E-state index contributed by atoms with van der Waals surface area (Å²) in [4.78, 5) is 17.9. The number of guanidine groups is 1. The number of nitrogens with two attached hydrogens (primary N) is 2. The van der Waals surface area contributed by atoms with Crippen LogP contribution in [0.3, 0.4) is 0 Å². The highest BCUT2D eigenvalue weighted by Crippen LogP contribution is 2.10. The average molecular weight is 296 g/mol. The van der Waals surface area contributed by atoms with Gasteiger partial charge in [0, 0.05) is 19.2 Å². The van der Waals surface area contributed by atoms with E-state index in [0.717, 1.165) is 11.1 Å². The largest absolute Gasteiger partial charge is 0.370 e. The smallest absolute Gasteiger partial charge is 0.253 e. The number of hydrogen-bond acceptors (Lipinski definition) is 2. The van der Waals surface area contributed by atoms with Crippen molar-refractivity contribution < 1.29 is 4.79 Å². The number of rotatable bonds is 5. The quantitative estimate of drug-likeness (QED) is 0.651. The van der Waals surface area contributed by atoms with Crippen LogP contribution in [0.25, 0.3) is 0 Å². The number of amides is 1. The fraction of sp³-hybridized carbons (Fsp3) is 0.176. The lowest BCUT2D eigenvalue weighted by atomic mass is 10.1. The van der Waals surface area contributed by atoms with Crippen molar-refractivity contribution in [3.8, 4) is 0 Å². The van der Waals surface area contributed by atoms with Gasteiger partial charge in [-0.15, -0.1) is 0 Å². The van der Waals surface area contributed by atoms with E-state index in [1.54, 1.807) is 11.9 Å². The first kappa shape index (κ1) is 15.6. The van der Waals surface area contributed by atoms with E-state index in [1.165, 1.54) is 0 Å². The summed E-state index contributed by atoms with van der Waals surface area (Å²) in [6, 6.07) is 17.1. The third-order valence-corrected chi connectivity index (χ3v) is 3.25. The maximum absolute atomic E-state index is 12.3. The Morgan fingerprint density at radius 1 is 1.00 bits per heavy atom. The zero-order chi connectivity index (χ0) is 15.9. The van der Waals surface area contributed by atoms with Gasteiger partial charge in [-0.1, -0.05) is 42.5 Å². The summed E-state index contributed by atoms with van der Waals surface area (Å²) < 4.78 is 0. The van der Waals surface area contributed by atoms with Gasteiger partial charge in [0.15, 0.2) is 5.96 Å². The summed E-state index contributed by atoms with van der Waals surface area (Å²) in [7, 11) is 1.79. The minimum absolute atomic E-state index is 0.00480. The third-order valence-electron chi connectivity index (χ3n) is 3.25. The first-order chi connectivity index (χ1) is 10.6. The zero-order valence-electron chi connectivity index (χ0n) is 12.6. The molecule has 2 rings (SSSR count). The predicted molar refractivity (Wildman–Crippen MR) is 88.2 cm³/mol. The van der Waals surface area contributed by atoms with Gasteiger partial charge in [-0.3, -0.25) is 4.79 Å². The van der Waals surface area contributed by atoms with Crippen LogP contribution < -0.4 is 11.5 Å². The first-order valence-corrected chi connectivity index (χ1v) is 7.00. The molecule has 0 heterocycles. The molecule has 0 unspecified atom stereocenters. The summed E-state index contributed by atoms with van der Waals surface area (Å²) in [6.07, 6.45) is 0. The molecule has 0 aliphatic carbocycles. The second-order valence-corrected chi connectivity index (χ2v) is 5.08. The summed E-state index contributed by atoms with van der Waals surface area (Å²) in [5.41, 5.74) is 13.4. The van der Waals surface area contributed by atoms with Crippen LogP contribution >= 0.6 is 0 Å². The molecule has 0 atom stereocenters. The normalized spacial score (nSPS) is 10.0. The summed E-state index contributed by atoms with van der Waals surface area (Å²) >= 11 is 0. The lowest BCUT2D eigenvalue weighted by Crippen LogP contribution is -2.26. The molecule has 0 aliphatic heterocycles. The molecule has 0 radical (unpaired) electrons. The van der Waals surface area contributed by atoms with E-state index in [4.69, 9.17) is 11.5 Å². The van der Waals surface area contributed by atoms with Crippen molar-refractivity contribution in [2.45, 2.75) is 13.1 Å². The Kier molecular flexibility index (Phi) is 5.14. The van der Waals surface area contributed by atoms with E-state index in [-0.39, 0.29) is 11.9 Å². The fourth-order valence-electron chi connectivity index (χ4n) is 2.08. The molecular weight excluding hydrogens is 276 g/mol. The number of nitrogens with zero attached hydrogens (tertiary/aromatic N) is 2. The molecule has 0 aromatic heterocycles. The molecule has 2 aromatic rings. The van der Waals surface area contributed by atoms with Crippen LogP contribution in [-0.2, 0) is 13.1 Å². The lowest BCUT2D eigenvalue weighted by molar-refractivity contribution is 0.0785. The van der Waals surface area contributed by atoms with Crippen LogP contribution in [0.2, 0.25) is 0 Å².